The first-order valence-electron chi connectivity index (χ1n) is 8.24. The van der Waals surface area contributed by atoms with Crippen LogP contribution in [0.25, 0.3) is 11.3 Å². The Hall–Kier alpha value is -2.35. The first-order valence-corrected chi connectivity index (χ1v) is 8.24. The second-order valence-corrected chi connectivity index (χ2v) is 6.29. The molecule has 2 aliphatic rings. The Balaban J connectivity index is 1.59. The second kappa shape index (κ2) is 6.51. The van der Waals surface area contributed by atoms with E-state index in [1.807, 2.05) is 30.3 Å². The summed E-state index contributed by atoms with van der Waals surface area (Å²) >= 11 is 0. The average Bonchev–Trinajstić information content (AvgIpc) is 3.19. The van der Waals surface area contributed by atoms with Gasteiger partial charge in [0.05, 0.1) is 30.5 Å². The highest BCUT2D eigenvalue weighted by molar-refractivity contribution is 5.99. The number of nitrogens with zero attached hydrogens (tertiary/aromatic N) is 2. The van der Waals surface area contributed by atoms with Gasteiger partial charge in [-0.1, -0.05) is 30.3 Å². The van der Waals surface area contributed by atoms with Crippen molar-refractivity contribution in [2.75, 3.05) is 13.2 Å². The van der Waals surface area contributed by atoms with E-state index in [0.29, 0.717) is 23.7 Å². The van der Waals surface area contributed by atoms with Crippen LogP contribution in [0.2, 0.25) is 0 Å². The fourth-order valence-electron chi connectivity index (χ4n) is 3.30. The molecule has 1 amide bonds. The molecule has 4 atom stereocenters. The zero-order valence-electron chi connectivity index (χ0n) is 13.8. The number of carbonyl (C=O) groups is 1. The van der Waals surface area contributed by atoms with Crippen LogP contribution in [0, 0.1) is 6.92 Å². The predicted molar refractivity (Wildman–Crippen MR) is 88.9 cm³/mol. The molecule has 0 bridgehead atoms. The number of aromatic nitrogens is 2. The fourth-order valence-corrected chi connectivity index (χ4v) is 3.30. The molecule has 130 valence electrons. The van der Waals surface area contributed by atoms with Crippen LogP contribution in [-0.2, 0) is 9.47 Å². The number of aliphatic hydroxyl groups is 1. The third-order valence-corrected chi connectivity index (χ3v) is 4.54. The summed E-state index contributed by atoms with van der Waals surface area (Å²) in [5.74, 6) is 0.319. The van der Waals surface area contributed by atoms with Crippen molar-refractivity contribution >= 4 is 5.91 Å². The highest BCUT2D eigenvalue weighted by atomic mass is 16.6. The van der Waals surface area contributed by atoms with Crippen molar-refractivity contribution in [2.24, 2.45) is 0 Å². The Bertz CT molecular complexity index is 783. The lowest BCUT2D eigenvalue weighted by molar-refractivity contribution is 0.0178. The summed E-state index contributed by atoms with van der Waals surface area (Å²) in [6, 6.07) is 9.22. The smallest absolute Gasteiger partial charge is 0.255 e. The molecule has 0 saturated carbocycles. The minimum atomic E-state index is -0.644. The molecule has 1 aromatic carbocycles. The second-order valence-electron chi connectivity index (χ2n) is 6.29. The van der Waals surface area contributed by atoms with Crippen LogP contribution in [-0.4, -0.2) is 58.5 Å². The standard InChI is InChI=1S/C18H19N3O4/c1-10-19-7-12(15(20-10)11-5-3-2-4-6-11)18(23)21-13-8-24-17-14(22)9-25-16(13)17/h2-7,13-14,16-17,22H,8-9H2,1H3,(H,21,23)/t13-,14-,16+,17+/m0/s1. The van der Waals surface area contributed by atoms with Gasteiger partial charge in [-0.05, 0) is 6.92 Å². The average molecular weight is 341 g/mol. The van der Waals surface area contributed by atoms with Gasteiger partial charge in [0.2, 0.25) is 0 Å². The van der Waals surface area contributed by atoms with Crippen LogP contribution < -0.4 is 5.32 Å². The van der Waals surface area contributed by atoms with E-state index in [9.17, 15) is 9.90 Å². The third-order valence-electron chi connectivity index (χ3n) is 4.54. The molecule has 2 N–H and O–H groups in total. The molecule has 25 heavy (non-hydrogen) atoms. The van der Waals surface area contributed by atoms with E-state index in [2.05, 4.69) is 15.3 Å². The molecule has 0 unspecified atom stereocenters. The summed E-state index contributed by atoms with van der Waals surface area (Å²) in [6.45, 7) is 2.33. The molecule has 2 fully saturated rings. The van der Waals surface area contributed by atoms with E-state index >= 15 is 0 Å². The molecule has 2 saturated heterocycles. The highest BCUT2D eigenvalue weighted by Gasteiger charge is 2.47. The molecule has 3 heterocycles. The van der Waals surface area contributed by atoms with Gasteiger partial charge in [-0.15, -0.1) is 0 Å². The maximum atomic E-state index is 12.8. The summed E-state index contributed by atoms with van der Waals surface area (Å²) in [6.07, 6.45) is 0.186. The van der Waals surface area contributed by atoms with Crippen molar-refractivity contribution in [3.8, 4) is 11.3 Å². The van der Waals surface area contributed by atoms with Crippen LogP contribution in [0.4, 0.5) is 0 Å². The zero-order valence-corrected chi connectivity index (χ0v) is 13.8. The molecule has 0 spiro atoms. The Kier molecular flexibility index (Phi) is 4.20. The van der Waals surface area contributed by atoms with Gasteiger partial charge in [-0.25, -0.2) is 9.97 Å². The number of amides is 1. The number of ether oxygens (including phenoxy) is 2. The lowest BCUT2D eigenvalue weighted by Crippen LogP contribution is -2.44. The minimum absolute atomic E-state index is 0.227. The Morgan fingerprint density at radius 2 is 1.96 bits per heavy atom. The molecule has 0 aliphatic carbocycles. The summed E-state index contributed by atoms with van der Waals surface area (Å²) in [5.41, 5.74) is 1.85. The van der Waals surface area contributed by atoms with Crippen molar-refractivity contribution < 1.29 is 19.4 Å². The maximum absolute atomic E-state index is 12.8. The monoisotopic (exact) mass is 341 g/mol. The quantitative estimate of drug-likeness (QED) is 0.854. The van der Waals surface area contributed by atoms with Crippen LogP contribution in [0.5, 0.6) is 0 Å². The van der Waals surface area contributed by atoms with Gasteiger partial charge in [0.25, 0.3) is 5.91 Å². The van der Waals surface area contributed by atoms with E-state index in [1.54, 1.807) is 6.92 Å². The molecular weight excluding hydrogens is 322 g/mol. The van der Waals surface area contributed by atoms with Crippen LogP contribution in [0.1, 0.15) is 16.2 Å². The zero-order chi connectivity index (χ0) is 17.4. The number of hydrogen-bond donors (Lipinski definition) is 2. The third kappa shape index (κ3) is 3.02. The van der Waals surface area contributed by atoms with E-state index < -0.39 is 6.10 Å². The molecule has 1 aromatic heterocycles. The molecular formula is C18H19N3O4. The number of rotatable bonds is 3. The predicted octanol–water partition coefficient (Wildman–Crippen LogP) is 0.709. The first kappa shape index (κ1) is 16.1. The number of nitrogens with one attached hydrogen (secondary N) is 1. The number of carbonyl (C=O) groups excluding carboxylic acids is 1. The number of aryl methyl sites for hydroxylation is 1. The minimum Gasteiger partial charge on any atom is -0.388 e. The fraction of sp³-hybridized carbons (Fsp3) is 0.389. The molecule has 4 rings (SSSR count). The summed E-state index contributed by atoms with van der Waals surface area (Å²) < 4.78 is 11.1. The molecule has 0 radical (unpaired) electrons. The van der Waals surface area contributed by atoms with E-state index in [0.717, 1.165) is 5.56 Å². The number of hydrogen-bond acceptors (Lipinski definition) is 6. The largest absolute Gasteiger partial charge is 0.388 e. The highest BCUT2D eigenvalue weighted by Crippen LogP contribution is 2.28. The van der Waals surface area contributed by atoms with Crippen molar-refractivity contribution in [2.45, 2.75) is 31.3 Å². The van der Waals surface area contributed by atoms with E-state index in [4.69, 9.17) is 9.47 Å². The SMILES string of the molecule is Cc1ncc(C(=O)N[C@H]2CO[C@H]3[C@@H]2OC[C@@H]3O)c(-c2ccccc2)n1. The van der Waals surface area contributed by atoms with Gasteiger partial charge in [0.1, 0.15) is 24.1 Å². The lowest BCUT2D eigenvalue weighted by atomic mass is 10.0. The van der Waals surface area contributed by atoms with E-state index in [-0.39, 0.29) is 30.8 Å². The van der Waals surface area contributed by atoms with Gasteiger partial charge in [0, 0.05) is 11.8 Å². The lowest BCUT2D eigenvalue weighted by Gasteiger charge is -2.18. The van der Waals surface area contributed by atoms with Gasteiger partial charge >= 0.3 is 0 Å². The summed E-state index contributed by atoms with van der Waals surface area (Å²) in [4.78, 5) is 21.4. The van der Waals surface area contributed by atoms with Crippen molar-refractivity contribution in [3.05, 3.63) is 47.9 Å². The van der Waals surface area contributed by atoms with Gasteiger partial charge in [0.15, 0.2) is 0 Å². The van der Waals surface area contributed by atoms with Crippen LogP contribution >= 0.6 is 0 Å². The number of aliphatic hydroxyl groups excluding tert-OH is 1. The van der Waals surface area contributed by atoms with E-state index in [1.165, 1.54) is 6.20 Å². The van der Waals surface area contributed by atoms with Crippen LogP contribution in [0.3, 0.4) is 0 Å². The number of benzene rings is 1. The summed E-state index contributed by atoms with van der Waals surface area (Å²) in [5, 5.41) is 12.7. The molecule has 7 heteroatoms. The maximum Gasteiger partial charge on any atom is 0.255 e. The Morgan fingerprint density at radius 3 is 2.76 bits per heavy atom. The van der Waals surface area contributed by atoms with Gasteiger partial charge in [-0.2, -0.15) is 0 Å². The molecule has 7 nitrogen and oxygen atoms in total. The van der Waals surface area contributed by atoms with Crippen molar-refractivity contribution in [3.63, 3.8) is 0 Å². The molecule has 2 aliphatic heterocycles. The van der Waals surface area contributed by atoms with Gasteiger partial charge in [-0.3, -0.25) is 4.79 Å². The topological polar surface area (TPSA) is 93.6 Å². The van der Waals surface area contributed by atoms with Gasteiger partial charge < -0.3 is 19.9 Å². The molecule has 2 aromatic rings. The Morgan fingerprint density at radius 1 is 1.20 bits per heavy atom. The van der Waals surface area contributed by atoms with Crippen molar-refractivity contribution in [1.82, 2.24) is 15.3 Å². The van der Waals surface area contributed by atoms with Crippen molar-refractivity contribution in [1.29, 1.82) is 0 Å². The first-order chi connectivity index (χ1) is 12.1. The normalized spacial score (nSPS) is 27.9. The van der Waals surface area contributed by atoms with Crippen LogP contribution in [0.15, 0.2) is 36.5 Å². The number of fused-ring (bicyclic) bond motifs is 1. The Labute approximate surface area is 145 Å². The summed E-state index contributed by atoms with van der Waals surface area (Å²) in [7, 11) is 0.